The summed E-state index contributed by atoms with van der Waals surface area (Å²) in [5.74, 6) is -0.547. The molecule has 0 radical (unpaired) electrons. The van der Waals surface area contributed by atoms with Crippen LogP contribution in [-0.4, -0.2) is 25.4 Å². The first kappa shape index (κ1) is 17.0. The maximum atomic E-state index is 13.0. The second-order valence-electron chi connectivity index (χ2n) is 6.12. The molecule has 0 amide bonds. The number of benzene rings is 2. The van der Waals surface area contributed by atoms with Crippen LogP contribution in [0, 0.1) is 23.7 Å². The predicted octanol–water partition coefficient (Wildman–Crippen LogP) is 3.09. The summed E-state index contributed by atoms with van der Waals surface area (Å²) >= 11 is 5.82. The first-order valence-corrected chi connectivity index (χ1v) is 9.37. The second-order valence-corrected chi connectivity index (χ2v) is 8.62. The minimum Gasteiger partial charge on any atom is -0.395 e. The van der Waals surface area contributed by atoms with Crippen molar-refractivity contribution in [1.82, 2.24) is 0 Å². The molecule has 1 saturated carbocycles. The number of nitrogens with zero attached hydrogens (tertiary/aromatic N) is 1. The van der Waals surface area contributed by atoms with Crippen LogP contribution in [0.4, 0.5) is 0 Å². The van der Waals surface area contributed by atoms with Gasteiger partial charge in [0, 0.05) is 10.9 Å². The van der Waals surface area contributed by atoms with Gasteiger partial charge < -0.3 is 5.11 Å². The molecule has 0 aromatic heterocycles. The molecule has 6 heteroatoms. The highest BCUT2D eigenvalue weighted by Crippen LogP contribution is 2.63. The maximum absolute atomic E-state index is 13.0. The molecular weight excluding hydrogens is 346 g/mol. The lowest BCUT2D eigenvalue weighted by atomic mass is 10.0. The van der Waals surface area contributed by atoms with Crippen LogP contribution in [0.3, 0.4) is 0 Å². The summed E-state index contributed by atoms with van der Waals surface area (Å²) in [5, 5.41) is 18.8. The molecule has 0 spiro atoms. The van der Waals surface area contributed by atoms with Crippen molar-refractivity contribution in [3.8, 4) is 6.07 Å². The minimum atomic E-state index is -3.76. The third-order valence-electron chi connectivity index (χ3n) is 4.64. The zero-order valence-electron chi connectivity index (χ0n) is 13.0. The van der Waals surface area contributed by atoms with Gasteiger partial charge in [-0.05, 0) is 36.8 Å². The predicted molar refractivity (Wildman–Crippen MR) is 91.5 cm³/mol. The van der Waals surface area contributed by atoms with Gasteiger partial charge in [0.15, 0.2) is 9.84 Å². The van der Waals surface area contributed by atoms with Gasteiger partial charge in [-0.1, -0.05) is 41.4 Å². The number of halogens is 1. The fourth-order valence-corrected chi connectivity index (χ4v) is 5.68. The highest BCUT2D eigenvalue weighted by Gasteiger charge is 2.72. The largest absolute Gasteiger partial charge is 0.395 e. The van der Waals surface area contributed by atoms with E-state index in [1.807, 2.05) is 37.3 Å². The number of aliphatic hydroxyl groups is 1. The summed E-state index contributed by atoms with van der Waals surface area (Å²) in [7, 11) is -3.76. The average molecular weight is 362 g/mol. The molecule has 4 nitrogen and oxygen atoms in total. The Kier molecular flexibility index (Phi) is 4.16. The van der Waals surface area contributed by atoms with E-state index in [9.17, 15) is 18.8 Å². The van der Waals surface area contributed by atoms with Crippen molar-refractivity contribution in [2.45, 2.75) is 23.0 Å². The van der Waals surface area contributed by atoms with Crippen LogP contribution in [-0.2, 0) is 9.84 Å². The number of hydrogen-bond acceptors (Lipinski definition) is 4. The Bertz CT molecular complexity index is 901. The van der Waals surface area contributed by atoms with E-state index < -0.39 is 33.0 Å². The molecule has 0 aliphatic heterocycles. The molecule has 0 bridgehead atoms. The Balaban J connectivity index is 2.06. The number of sulfone groups is 1. The summed E-state index contributed by atoms with van der Waals surface area (Å²) in [6.07, 6.45) is 0. The van der Waals surface area contributed by atoms with Gasteiger partial charge in [-0.3, -0.25) is 0 Å². The third-order valence-corrected chi connectivity index (χ3v) is 7.18. The number of rotatable bonds is 4. The van der Waals surface area contributed by atoms with Gasteiger partial charge in [-0.15, -0.1) is 0 Å². The van der Waals surface area contributed by atoms with Crippen LogP contribution in [0.25, 0.3) is 0 Å². The van der Waals surface area contributed by atoms with Crippen LogP contribution < -0.4 is 0 Å². The molecule has 2 aromatic rings. The molecule has 0 unspecified atom stereocenters. The topological polar surface area (TPSA) is 78.2 Å². The highest BCUT2D eigenvalue weighted by molar-refractivity contribution is 7.92. The Hall–Kier alpha value is -1.87. The van der Waals surface area contributed by atoms with Crippen molar-refractivity contribution >= 4 is 21.4 Å². The third kappa shape index (κ3) is 2.51. The van der Waals surface area contributed by atoms with Gasteiger partial charge >= 0.3 is 0 Å². The van der Waals surface area contributed by atoms with Crippen LogP contribution in [0.2, 0.25) is 5.02 Å². The number of nitriles is 1. The standard InChI is InChI=1S/C18H16ClNO3S/c1-12-2-4-13(5-3-12)16-17(18(16,10-20)11-21)24(22,23)15-8-6-14(19)7-9-15/h2-9,16-17,21H,11H2,1H3/t16-,17+,18-/m0/s1. The fourth-order valence-electron chi connectivity index (χ4n) is 3.23. The summed E-state index contributed by atoms with van der Waals surface area (Å²) in [5.41, 5.74) is 0.482. The minimum absolute atomic E-state index is 0.111. The Morgan fingerprint density at radius 2 is 1.75 bits per heavy atom. The van der Waals surface area contributed by atoms with E-state index in [2.05, 4.69) is 0 Å². The molecule has 1 N–H and O–H groups in total. The monoisotopic (exact) mass is 361 g/mol. The van der Waals surface area contributed by atoms with Crippen molar-refractivity contribution in [3.05, 3.63) is 64.7 Å². The van der Waals surface area contributed by atoms with Crippen molar-refractivity contribution in [2.24, 2.45) is 5.41 Å². The van der Waals surface area contributed by atoms with Gasteiger partial charge in [0.25, 0.3) is 0 Å². The summed E-state index contributed by atoms with van der Waals surface area (Å²) in [4.78, 5) is 0.111. The molecule has 0 heterocycles. The van der Waals surface area contributed by atoms with Gasteiger partial charge in [-0.25, -0.2) is 8.42 Å². The molecule has 124 valence electrons. The Morgan fingerprint density at radius 3 is 2.25 bits per heavy atom. The summed E-state index contributed by atoms with van der Waals surface area (Å²) < 4.78 is 26.0. The van der Waals surface area contributed by atoms with Gasteiger partial charge in [0.2, 0.25) is 0 Å². The van der Waals surface area contributed by atoms with Crippen LogP contribution in [0.1, 0.15) is 17.0 Å². The molecule has 1 aliphatic rings. The normalized spacial score (nSPS) is 25.9. The van der Waals surface area contributed by atoms with E-state index in [0.29, 0.717) is 5.02 Å². The van der Waals surface area contributed by atoms with Crippen molar-refractivity contribution in [2.75, 3.05) is 6.61 Å². The molecule has 1 aliphatic carbocycles. The zero-order chi connectivity index (χ0) is 17.5. The molecule has 2 aromatic carbocycles. The molecule has 1 fully saturated rings. The van der Waals surface area contributed by atoms with Gasteiger partial charge in [0.05, 0.1) is 22.8 Å². The van der Waals surface area contributed by atoms with E-state index in [4.69, 9.17) is 11.6 Å². The van der Waals surface area contributed by atoms with Gasteiger partial charge in [0.1, 0.15) is 5.41 Å². The number of aryl methyl sites for hydroxylation is 1. The first-order valence-electron chi connectivity index (χ1n) is 7.45. The average Bonchev–Trinajstić information content (AvgIpc) is 3.26. The molecule has 0 saturated heterocycles. The maximum Gasteiger partial charge on any atom is 0.183 e. The second kappa shape index (κ2) is 5.89. The molecule has 3 atom stereocenters. The van der Waals surface area contributed by atoms with Gasteiger partial charge in [-0.2, -0.15) is 5.26 Å². The Morgan fingerprint density at radius 1 is 1.17 bits per heavy atom. The lowest BCUT2D eigenvalue weighted by Gasteiger charge is -2.06. The summed E-state index contributed by atoms with van der Waals surface area (Å²) in [6.45, 7) is 1.43. The smallest absolute Gasteiger partial charge is 0.183 e. The van der Waals surface area contributed by atoms with Crippen molar-refractivity contribution in [1.29, 1.82) is 5.26 Å². The lowest BCUT2D eigenvalue weighted by Crippen LogP contribution is -2.18. The summed E-state index contributed by atoms with van der Waals surface area (Å²) in [6, 6.07) is 15.3. The molecule has 24 heavy (non-hydrogen) atoms. The quantitative estimate of drug-likeness (QED) is 0.907. The van der Waals surface area contributed by atoms with Crippen molar-refractivity contribution < 1.29 is 13.5 Å². The first-order chi connectivity index (χ1) is 11.4. The zero-order valence-corrected chi connectivity index (χ0v) is 14.6. The fraction of sp³-hybridized carbons (Fsp3) is 0.278. The lowest BCUT2D eigenvalue weighted by molar-refractivity contribution is 0.242. The van der Waals surface area contributed by atoms with E-state index in [1.165, 1.54) is 24.3 Å². The van der Waals surface area contributed by atoms with E-state index in [0.717, 1.165) is 11.1 Å². The van der Waals surface area contributed by atoms with Crippen molar-refractivity contribution in [3.63, 3.8) is 0 Å². The van der Waals surface area contributed by atoms with Crippen LogP contribution in [0.5, 0.6) is 0 Å². The van der Waals surface area contributed by atoms with E-state index >= 15 is 0 Å². The molecular formula is C18H16ClNO3S. The number of hydrogen-bond donors (Lipinski definition) is 1. The van der Waals surface area contributed by atoms with Crippen LogP contribution in [0.15, 0.2) is 53.4 Å². The Labute approximate surface area is 146 Å². The number of aliphatic hydroxyl groups excluding tert-OH is 1. The molecule has 3 rings (SSSR count). The van der Waals surface area contributed by atoms with Crippen LogP contribution >= 0.6 is 11.6 Å². The highest BCUT2D eigenvalue weighted by atomic mass is 35.5. The van der Waals surface area contributed by atoms with E-state index in [1.54, 1.807) is 0 Å². The SMILES string of the molecule is Cc1ccc([C@H]2[C@@H](S(=O)(=O)c3ccc(Cl)cc3)[C@@]2(C#N)CO)cc1. The van der Waals surface area contributed by atoms with E-state index in [-0.39, 0.29) is 4.90 Å².